The van der Waals surface area contributed by atoms with Gasteiger partial charge in [0, 0.05) is 11.1 Å². The molecule has 0 saturated heterocycles. The number of hydrazone groups is 1. The molecule has 0 atom stereocenters. The van der Waals surface area contributed by atoms with Crippen molar-refractivity contribution in [2.75, 3.05) is 5.43 Å². The summed E-state index contributed by atoms with van der Waals surface area (Å²) < 4.78 is 41.1. The van der Waals surface area contributed by atoms with E-state index in [-0.39, 0.29) is 33.0 Å². The number of aromatic hydroxyl groups is 1. The number of nitrogens with zero attached hydrogens (tertiary/aromatic N) is 3. The average Bonchev–Trinajstić information content (AvgIpc) is 2.70. The average molecular weight is 494 g/mol. The van der Waals surface area contributed by atoms with Gasteiger partial charge in [0.25, 0.3) is 5.56 Å². The van der Waals surface area contributed by atoms with Crippen molar-refractivity contribution in [1.82, 2.24) is 9.97 Å². The lowest BCUT2D eigenvalue weighted by Gasteiger charge is -2.11. The number of ether oxygens (including phenoxy) is 1. The number of anilines is 1. The largest absolute Gasteiger partial charge is 0.573 e. The van der Waals surface area contributed by atoms with Gasteiger partial charge in [0.05, 0.1) is 16.4 Å². The molecule has 0 bridgehead atoms. The first-order valence-corrected chi connectivity index (χ1v) is 9.14. The van der Waals surface area contributed by atoms with E-state index in [0.29, 0.717) is 5.56 Å². The van der Waals surface area contributed by atoms with Gasteiger partial charge in [0.1, 0.15) is 23.1 Å². The zero-order chi connectivity index (χ0) is 22.6. The molecule has 0 radical (unpaired) electrons. The van der Waals surface area contributed by atoms with Crippen LogP contribution in [0.15, 0.2) is 56.8 Å². The molecule has 158 valence electrons. The zero-order valence-electron chi connectivity index (χ0n) is 15.2. The Morgan fingerprint density at radius 2 is 2.00 bits per heavy atom. The molecular weight excluding hydrogens is 483 g/mol. The van der Waals surface area contributed by atoms with E-state index in [2.05, 4.69) is 41.2 Å². The van der Waals surface area contributed by atoms with Crippen LogP contribution >= 0.6 is 15.9 Å². The number of alkyl halides is 3. The molecule has 0 unspecified atom stereocenters. The van der Waals surface area contributed by atoms with Crippen molar-refractivity contribution in [1.29, 1.82) is 5.26 Å². The Hall–Kier alpha value is -3.85. The van der Waals surface area contributed by atoms with E-state index in [1.54, 1.807) is 36.4 Å². The summed E-state index contributed by atoms with van der Waals surface area (Å²) in [4.78, 5) is 18.7. The topological polar surface area (TPSA) is 123 Å². The van der Waals surface area contributed by atoms with Crippen molar-refractivity contribution in [3.8, 4) is 28.8 Å². The van der Waals surface area contributed by atoms with Crippen LogP contribution in [0, 0.1) is 11.3 Å². The summed E-state index contributed by atoms with van der Waals surface area (Å²) in [6, 6.07) is 12.2. The van der Waals surface area contributed by atoms with Crippen LogP contribution < -0.4 is 15.7 Å². The van der Waals surface area contributed by atoms with Crippen LogP contribution in [0.1, 0.15) is 11.1 Å². The molecule has 0 aliphatic heterocycles. The monoisotopic (exact) mass is 493 g/mol. The minimum Gasteiger partial charge on any atom is -0.506 e. The van der Waals surface area contributed by atoms with Crippen molar-refractivity contribution in [3.63, 3.8) is 0 Å². The number of rotatable bonds is 5. The van der Waals surface area contributed by atoms with Crippen LogP contribution in [0.3, 0.4) is 0 Å². The van der Waals surface area contributed by atoms with Crippen LogP contribution in [-0.4, -0.2) is 27.7 Å². The van der Waals surface area contributed by atoms with Gasteiger partial charge in [-0.25, -0.2) is 10.4 Å². The molecule has 1 heterocycles. The summed E-state index contributed by atoms with van der Waals surface area (Å²) in [7, 11) is 0. The first-order valence-electron chi connectivity index (χ1n) is 8.35. The number of nitriles is 1. The fraction of sp³-hybridized carbons (Fsp3) is 0.0526. The van der Waals surface area contributed by atoms with E-state index in [4.69, 9.17) is 0 Å². The second-order valence-corrected chi connectivity index (χ2v) is 6.73. The highest BCUT2D eigenvalue weighted by Crippen LogP contribution is 2.34. The molecule has 0 saturated carbocycles. The van der Waals surface area contributed by atoms with Crippen LogP contribution in [0.2, 0.25) is 0 Å². The normalized spacial score (nSPS) is 11.3. The number of hydrogen-bond acceptors (Lipinski definition) is 7. The summed E-state index contributed by atoms with van der Waals surface area (Å²) in [6.07, 6.45) is -3.91. The Morgan fingerprint density at radius 3 is 2.65 bits per heavy atom. The fourth-order valence-corrected chi connectivity index (χ4v) is 2.94. The van der Waals surface area contributed by atoms with Crippen LogP contribution in [0.25, 0.3) is 11.3 Å². The molecule has 0 amide bonds. The van der Waals surface area contributed by atoms with Gasteiger partial charge in [0.2, 0.25) is 5.95 Å². The lowest BCUT2D eigenvalue weighted by atomic mass is 10.1. The molecule has 0 fully saturated rings. The highest BCUT2D eigenvalue weighted by atomic mass is 79.9. The Labute approximate surface area is 180 Å². The Balaban J connectivity index is 1.91. The Kier molecular flexibility index (Phi) is 6.26. The van der Waals surface area contributed by atoms with Crippen molar-refractivity contribution in [3.05, 3.63) is 68.4 Å². The number of halogens is 4. The van der Waals surface area contributed by atoms with E-state index in [0.717, 1.165) is 18.3 Å². The maximum Gasteiger partial charge on any atom is 0.573 e. The molecule has 3 aromatic rings. The van der Waals surface area contributed by atoms with Gasteiger partial charge in [0.15, 0.2) is 0 Å². The van der Waals surface area contributed by atoms with Gasteiger partial charge in [-0.1, -0.05) is 30.3 Å². The van der Waals surface area contributed by atoms with Gasteiger partial charge in [-0.15, -0.1) is 13.2 Å². The number of nitrogens with one attached hydrogen (secondary N) is 2. The summed E-state index contributed by atoms with van der Waals surface area (Å²) >= 11 is 2.93. The van der Waals surface area contributed by atoms with Crippen LogP contribution in [-0.2, 0) is 0 Å². The summed E-state index contributed by atoms with van der Waals surface area (Å²) in [5, 5.41) is 23.0. The molecule has 12 heteroatoms. The SMILES string of the molecule is N#Cc1c(-c2ccccc2)nc(NN=Cc2cc(OC(F)(F)F)cc(Br)c2O)[nH]c1=O. The third-order valence-corrected chi connectivity index (χ3v) is 4.36. The first-order chi connectivity index (χ1) is 14.7. The summed E-state index contributed by atoms with van der Waals surface area (Å²) in [5.41, 5.74) is 2.04. The van der Waals surface area contributed by atoms with E-state index in [9.17, 15) is 28.3 Å². The number of benzene rings is 2. The highest BCUT2D eigenvalue weighted by molar-refractivity contribution is 9.10. The molecule has 0 aliphatic rings. The minimum absolute atomic E-state index is 0.0491. The molecule has 2 aromatic carbocycles. The third kappa shape index (κ3) is 5.40. The molecule has 3 N–H and O–H groups in total. The Bertz CT molecular complexity index is 1240. The third-order valence-electron chi connectivity index (χ3n) is 3.75. The van der Waals surface area contributed by atoms with Crippen molar-refractivity contribution < 1.29 is 23.0 Å². The molecule has 31 heavy (non-hydrogen) atoms. The summed E-state index contributed by atoms with van der Waals surface area (Å²) in [6.45, 7) is 0. The standard InChI is InChI=1S/C19H11BrF3N5O3/c20-14-7-12(31-19(21,22)23)6-11(16(14)29)9-25-28-18-26-15(10-4-2-1-3-5-10)13(8-24)17(30)27-18/h1-7,9,29H,(H2,26,27,28,30). The first kappa shape index (κ1) is 21.8. The van der Waals surface area contributed by atoms with Gasteiger partial charge in [-0.3, -0.25) is 9.78 Å². The summed E-state index contributed by atoms with van der Waals surface area (Å²) in [5.74, 6) is -1.08. The maximum absolute atomic E-state index is 12.4. The van der Waals surface area contributed by atoms with Crippen molar-refractivity contribution in [2.45, 2.75) is 6.36 Å². The van der Waals surface area contributed by atoms with Gasteiger partial charge >= 0.3 is 6.36 Å². The van der Waals surface area contributed by atoms with Crippen LogP contribution in [0.5, 0.6) is 11.5 Å². The number of phenols is 1. The molecule has 0 spiro atoms. The molecule has 0 aliphatic carbocycles. The minimum atomic E-state index is -4.91. The molecule has 3 rings (SSSR count). The van der Waals surface area contributed by atoms with Crippen molar-refractivity contribution >= 4 is 28.1 Å². The second-order valence-electron chi connectivity index (χ2n) is 5.88. The molecule has 1 aromatic heterocycles. The number of H-pyrrole nitrogens is 1. The number of hydrogen-bond donors (Lipinski definition) is 3. The quantitative estimate of drug-likeness (QED) is 0.362. The van der Waals surface area contributed by atoms with Gasteiger partial charge in [-0.2, -0.15) is 10.4 Å². The predicted octanol–water partition coefficient (Wildman–Crippen LogP) is 4.12. The van der Waals surface area contributed by atoms with E-state index in [1.807, 2.05) is 0 Å². The second kappa shape index (κ2) is 8.88. The van der Waals surface area contributed by atoms with E-state index < -0.39 is 17.7 Å². The van der Waals surface area contributed by atoms with Crippen molar-refractivity contribution in [2.24, 2.45) is 5.10 Å². The lowest BCUT2D eigenvalue weighted by molar-refractivity contribution is -0.274. The number of aromatic nitrogens is 2. The van der Waals surface area contributed by atoms with E-state index in [1.165, 1.54) is 0 Å². The van der Waals surface area contributed by atoms with E-state index >= 15 is 0 Å². The van der Waals surface area contributed by atoms with Gasteiger partial charge < -0.3 is 9.84 Å². The lowest BCUT2D eigenvalue weighted by Crippen LogP contribution is -2.17. The van der Waals surface area contributed by atoms with Crippen LogP contribution in [0.4, 0.5) is 19.1 Å². The number of aromatic amines is 1. The number of phenolic OH excluding ortho intramolecular Hbond substituents is 1. The molecular formula is C19H11BrF3N5O3. The molecule has 8 nitrogen and oxygen atoms in total. The maximum atomic E-state index is 12.4. The fourth-order valence-electron chi connectivity index (χ4n) is 2.48. The Morgan fingerprint density at radius 1 is 1.29 bits per heavy atom. The predicted molar refractivity (Wildman–Crippen MR) is 109 cm³/mol. The zero-order valence-corrected chi connectivity index (χ0v) is 16.8. The highest BCUT2D eigenvalue weighted by Gasteiger charge is 2.31. The smallest absolute Gasteiger partial charge is 0.506 e. The van der Waals surface area contributed by atoms with Gasteiger partial charge in [-0.05, 0) is 28.1 Å².